The molecule has 2 heterocycles. The van der Waals surface area contributed by atoms with E-state index in [-0.39, 0.29) is 11.8 Å². The molecule has 6 nitrogen and oxygen atoms in total. The lowest BCUT2D eigenvalue weighted by atomic mass is 9.99. The Bertz CT molecular complexity index is 742. The molecule has 0 bridgehead atoms. The Morgan fingerprint density at radius 1 is 1.00 bits per heavy atom. The second-order valence-electron chi connectivity index (χ2n) is 5.88. The van der Waals surface area contributed by atoms with Gasteiger partial charge >= 0.3 is 6.18 Å². The van der Waals surface area contributed by atoms with Crippen LogP contribution in [0, 0.1) is 5.92 Å². The number of anilines is 3. The molecule has 26 heavy (non-hydrogen) atoms. The van der Waals surface area contributed by atoms with Crippen molar-refractivity contribution in [3.63, 3.8) is 0 Å². The standard InChI is InChI=1S/C17H17F3N4O2/c18-17(19,20)12-1-3-13(4-2-12)21-14-5-6-15(24-23-14)22-16(25)11-7-9-26-10-8-11/h1-6,11H,7-10H2,(H,21,23)(H,22,24,25). The van der Waals surface area contributed by atoms with Gasteiger partial charge in [0.05, 0.1) is 5.56 Å². The van der Waals surface area contributed by atoms with E-state index in [0.29, 0.717) is 43.4 Å². The quantitative estimate of drug-likeness (QED) is 0.865. The number of nitrogens with one attached hydrogen (secondary N) is 2. The molecule has 3 rings (SSSR count). The average Bonchev–Trinajstić information content (AvgIpc) is 2.64. The highest BCUT2D eigenvalue weighted by molar-refractivity contribution is 5.91. The smallest absolute Gasteiger partial charge is 0.381 e. The van der Waals surface area contributed by atoms with Crippen LogP contribution in [0.5, 0.6) is 0 Å². The fourth-order valence-corrected chi connectivity index (χ4v) is 2.54. The number of hydrogen-bond acceptors (Lipinski definition) is 5. The van der Waals surface area contributed by atoms with Gasteiger partial charge < -0.3 is 15.4 Å². The minimum absolute atomic E-state index is 0.101. The Morgan fingerprint density at radius 2 is 1.62 bits per heavy atom. The highest BCUT2D eigenvalue weighted by Crippen LogP contribution is 2.30. The highest BCUT2D eigenvalue weighted by atomic mass is 19.4. The van der Waals surface area contributed by atoms with Crippen LogP contribution in [-0.4, -0.2) is 29.3 Å². The molecule has 0 spiro atoms. The van der Waals surface area contributed by atoms with Crippen molar-refractivity contribution < 1.29 is 22.7 Å². The van der Waals surface area contributed by atoms with Gasteiger partial charge in [0.25, 0.3) is 0 Å². The minimum atomic E-state index is -4.37. The molecule has 1 saturated heterocycles. The monoisotopic (exact) mass is 366 g/mol. The fourth-order valence-electron chi connectivity index (χ4n) is 2.54. The number of nitrogens with zero attached hydrogens (tertiary/aromatic N) is 2. The molecule has 1 aromatic carbocycles. The van der Waals surface area contributed by atoms with Crippen LogP contribution in [0.3, 0.4) is 0 Å². The molecular formula is C17H17F3N4O2. The van der Waals surface area contributed by atoms with Crippen molar-refractivity contribution >= 4 is 23.2 Å². The van der Waals surface area contributed by atoms with Crippen molar-refractivity contribution in [3.05, 3.63) is 42.0 Å². The molecule has 1 fully saturated rings. The number of aromatic nitrogens is 2. The molecule has 1 amide bonds. The molecule has 0 radical (unpaired) electrons. The summed E-state index contributed by atoms with van der Waals surface area (Å²) < 4.78 is 42.9. The Balaban J connectivity index is 1.58. The molecule has 2 aromatic rings. The zero-order valence-electron chi connectivity index (χ0n) is 13.7. The minimum Gasteiger partial charge on any atom is -0.381 e. The van der Waals surface area contributed by atoms with Crippen LogP contribution in [0.15, 0.2) is 36.4 Å². The number of benzene rings is 1. The first-order valence-electron chi connectivity index (χ1n) is 8.08. The van der Waals surface area contributed by atoms with E-state index in [1.807, 2.05) is 0 Å². The highest BCUT2D eigenvalue weighted by Gasteiger charge is 2.30. The van der Waals surface area contributed by atoms with E-state index in [1.54, 1.807) is 12.1 Å². The zero-order valence-corrected chi connectivity index (χ0v) is 13.7. The van der Waals surface area contributed by atoms with E-state index in [1.165, 1.54) is 12.1 Å². The zero-order chi connectivity index (χ0) is 18.6. The molecule has 0 unspecified atom stereocenters. The van der Waals surface area contributed by atoms with Gasteiger partial charge in [-0.2, -0.15) is 13.2 Å². The number of alkyl halides is 3. The maximum atomic E-state index is 12.5. The van der Waals surface area contributed by atoms with Crippen molar-refractivity contribution in [2.45, 2.75) is 19.0 Å². The van der Waals surface area contributed by atoms with Gasteiger partial charge in [-0.3, -0.25) is 4.79 Å². The van der Waals surface area contributed by atoms with Crippen molar-refractivity contribution in [3.8, 4) is 0 Å². The second kappa shape index (κ2) is 7.69. The summed E-state index contributed by atoms with van der Waals surface area (Å²) in [6.45, 7) is 1.14. The van der Waals surface area contributed by atoms with Crippen LogP contribution in [0.25, 0.3) is 0 Å². The Kier molecular flexibility index (Phi) is 5.36. The summed E-state index contributed by atoms with van der Waals surface area (Å²) in [6.07, 6.45) is -3.03. The van der Waals surface area contributed by atoms with Crippen LogP contribution in [0.4, 0.5) is 30.5 Å². The number of hydrogen-bond donors (Lipinski definition) is 2. The lowest BCUT2D eigenvalue weighted by Gasteiger charge is -2.20. The Hall–Kier alpha value is -2.68. The molecule has 9 heteroatoms. The first-order chi connectivity index (χ1) is 12.4. The van der Waals surface area contributed by atoms with E-state index in [4.69, 9.17) is 4.74 Å². The Labute approximate surface area is 147 Å². The number of amides is 1. The van der Waals surface area contributed by atoms with Gasteiger partial charge in [-0.25, -0.2) is 0 Å². The van der Waals surface area contributed by atoms with Crippen molar-refractivity contribution in [1.82, 2.24) is 10.2 Å². The van der Waals surface area contributed by atoms with E-state index in [2.05, 4.69) is 20.8 Å². The summed E-state index contributed by atoms with van der Waals surface area (Å²) in [5, 5.41) is 13.4. The van der Waals surface area contributed by atoms with Crippen molar-refractivity contribution in [2.75, 3.05) is 23.8 Å². The molecule has 1 aliphatic heterocycles. The van der Waals surface area contributed by atoms with Crippen LogP contribution < -0.4 is 10.6 Å². The van der Waals surface area contributed by atoms with Crippen LogP contribution in [0.1, 0.15) is 18.4 Å². The molecule has 1 aromatic heterocycles. The number of halogens is 3. The van der Waals surface area contributed by atoms with Crippen LogP contribution >= 0.6 is 0 Å². The second-order valence-corrected chi connectivity index (χ2v) is 5.88. The molecule has 0 aliphatic carbocycles. The van der Waals surface area contributed by atoms with Gasteiger partial charge in [-0.15, -0.1) is 10.2 Å². The number of rotatable bonds is 4. The molecule has 138 valence electrons. The molecular weight excluding hydrogens is 349 g/mol. The topological polar surface area (TPSA) is 76.1 Å². The van der Waals surface area contributed by atoms with Gasteiger partial charge in [0, 0.05) is 24.8 Å². The molecule has 0 atom stereocenters. The lowest BCUT2D eigenvalue weighted by molar-refractivity contribution is -0.137. The third-order valence-corrected chi connectivity index (χ3v) is 3.99. The van der Waals surface area contributed by atoms with E-state index < -0.39 is 11.7 Å². The maximum Gasteiger partial charge on any atom is 0.416 e. The predicted octanol–water partition coefficient (Wildman–Crippen LogP) is 3.60. The van der Waals surface area contributed by atoms with Crippen molar-refractivity contribution in [1.29, 1.82) is 0 Å². The fraction of sp³-hybridized carbons (Fsp3) is 0.353. The Morgan fingerprint density at radius 3 is 2.19 bits per heavy atom. The number of carbonyl (C=O) groups excluding carboxylic acids is 1. The molecule has 2 N–H and O–H groups in total. The molecule has 1 aliphatic rings. The maximum absolute atomic E-state index is 12.5. The molecule has 0 saturated carbocycles. The third kappa shape index (κ3) is 4.69. The predicted molar refractivity (Wildman–Crippen MR) is 88.9 cm³/mol. The summed E-state index contributed by atoms with van der Waals surface area (Å²) in [7, 11) is 0. The van der Waals surface area contributed by atoms with E-state index >= 15 is 0 Å². The van der Waals surface area contributed by atoms with Gasteiger partial charge in [0.2, 0.25) is 5.91 Å². The summed E-state index contributed by atoms with van der Waals surface area (Å²) in [5.74, 6) is 0.454. The van der Waals surface area contributed by atoms with Gasteiger partial charge in [-0.1, -0.05) is 0 Å². The summed E-state index contributed by atoms with van der Waals surface area (Å²) in [6, 6.07) is 7.76. The van der Waals surface area contributed by atoms with Gasteiger partial charge in [-0.05, 0) is 49.2 Å². The summed E-state index contributed by atoms with van der Waals surface area (Å²) in [4.78, 5) is 12.1. The van der Waals surface area contributed by atoms with Gasteiger partial charge in [0.1, 0.15) is 0 Å². The van der Waals surface area contributed by atoms with Gasteiger partial charge in [0.15, 0.2) is 11.6 Å². The number of carbonyl (C=O) groups is 1. The van der Waals surface area contributed by atoms with E-state index in [0.717, 1.165) is 12.1 Å². The van der Waals surface area contributed by atoms with Crippen molar-refractivity contribution in [2.24, 2.45) is 5.92 Å². The van der Waals surface area contributed by atoms with Crippen LogP contribution in [-0.2, 0) is 15.7 Å². The van der Waals surface area contributed by atoms with Crippen LogP contribution in [0.2, 0.25) is 0 Å². The third-order valence-electron chi connectivity index (χ3n) is 3.99. The first-order valence-corrected chi connectivity index (χ1v) is 8.08. The summed E-state index contributed by atoms with van der Waals surface area (Å²) >= 11 is 0. The summed E-state index contributed by atoms with van der Waals surface area (Å²) in [5.41, 5.74) is -0.272. The first kappa shape index (κ1) is 18.1. The van der Waals surface area contributed by atoms with E-state index in [9.17, 15) is 18.0 Å². The normalized spacial score (nSPS) is 15.5. The average molecular weight is 366 g/mol. The largest absolute Gasteiger partial charge is 0.416 e. The lowest BCUT2D eigenvalue weighted by Crippen LogP contribution is -2.28. The number of ether oxygens (including phenoxy) is 1. The SMILES string of the molecule is O=C(Nc1ccc(Nc2ccc(C(F)(F)F)cc2)nn1)C1CCOCC1.